The van der Waals surface area contributed by atoms with Gasteiger partial charge in [0.25, 0.3) is 0 Å². The number of Topliss-reactive ketones (excluding diaryl/α,β-unsaturated/α-hetero) is 1. The number of thiazole rings is 1. The molecular weight excluding hydrogens is 292 g/mol. The van der Waals surface area contributed by atoms with Gasteiger partial charge in [-0.25, -0.2) is 4.98 Å². The average Bonchev–Trinajstić information content (AvgIpc) is 2.90. The third-order valence-electron chi connectivity index (χ3n) is 2.86. The molecule has 0 fully saturated rings. The summed E-state index contributed by atoms with van der Waals surface area (Å²) in [4.78, 5) is 16.3. The maximum absolute atomic E-state index is 11.9. The van der Waals surface area contributed by atoms with Gasteiger partial charge in [0.05, 0.1) is 11.8 Å². The zero-order valence-corrected chi connectivity index (χ0v) is 12.5. The number of hydrogen-bond donors (Lipinski definition) is 0. The van der Waals surface area contributed by atoms with E-state index < -0.39 is 5.92 Å². The molecule has 1 heterocycles. The van der Waals surface area contributed by atoms with Crippen molar-refractivity contribution in [3.63, 3.8) is 0 Å². The smallest absolute Gasteiger partial charge is 0.156 e. The molecule has 0 spiro atoms. The summed E-state index contributed by atoms with van der Waals surface area (Å²) in [7, 11) is 0. The molecule has 0 radical (unpaired) electrons. The van der Waals surface area contributed by atoms with Crippen LogP contribution in [0.25, 0.3) is 11.3 Å². The van der Waals surface area contributed by atoms with Crippen LogP contribution in [0.4, 0.5) is 0 Å². The monoisotopic (exact) mass is 304 g/mol. The van der Waals surface area contributed by atoms with E-state index in [0.717, 1.165) is 17.7 Å². The largest absolute Gasteiger partial charge is 0.298 e. The Hall–Kier alpha value is -1.70. The lowest BCUT2D eigenvalue weighted by Crippen LogP contribution is -2.09. The molecule has 0 bridgehead atoms. The molecule has 0 saturated carbocycles. The van der Waals surface area contributed by atoms with Crippen LogP contribution in [0.2, 0.25) is 5.02 Å². The molecule has 0 aliphatic carbocycles. The predicted molar refractivity (Wildman–Crippen MR) is 80.8 cm³/mol. The standard InChI is InChI=1S/C15H13ClN2OS/c1-2-3-14(19)12(8-17)15-18-13(9-20-15)10-4-6-11(16)7-5-10/h4-7,9,12H,2-3H2,1H3. The molecule has 20 heavy (non-hydrogen) atoms. The molecule has 0 aliphatic heterocycles. The SMILES string of the molecule is CCCC(=O)C(C#N)c1nc(-c2ccc(Cl)cc2)cs1. The Kier molecular flexibility index (Phi) is 4.89. The molecule has 1 unspecified atom stereocenters. The average molecular weight is 305 g/mol. The summed E-state index contributed by atoms with van der Waals surface area (Å²) in [6, 6.07) is 9.38. The highest BCUT2D eigenvalue weighted by Crippen LogP contribution is 2.28. The minimum Gasteiger partial charge on any atom is -0.298 e. The van der Waals surface area contributed by atoms with Crippen LogP contribution in [0.3, 0.4) is 0 Å². The van der Waals surface area contributed by atoms with E-state index in [1.807, 2.05) is 24.4 Å². The van der Waals surface area contributed by atoms with Crippen LogP contribution in [-0.2, 0) is 4.79 Å². The number of ketones is 1. The lowest BCUT2D eigenvalue weighted by atomic mass is 10.0. The molecule has 0 N–H and O–H groups in total. The fraction of sp³-hybridized carbons (Fsp3) is 0.267. The lowest BCUT2D eigenvalue weighted by molar-refractivity contribution is -0.119. The molecule has 3 nitrogen and oxygen atoms in total. The van der Waals surface area contributed by atoms with Gasteiger partial charge in [-0.2, -0.15) is 5.26 Å². The van der Waals surface area contributed by atoms with Crippen LogP contribution in [0.15, 0.2) is 29.6 Å². The Morgan fingerprint density at radius 1 is 1.45 bits per heavy atom. The summed E-state index contributed by atoms with van der Waals surface area (Å²) in [5, 5.41) is 12.3. The third-order valence-corrected chi connectivity index (χ3v) is 4.02. The maximum Gasteiger partial charge on any atom is 0.156 e. The molecule has 0 amide bonds. The van der Waals surface area contributed by atoms with E-state index in [0.29, 0.717) is 16.5 Å². The van der Waals surface area contributed by atoms with E-state index in [9.17, 15) is 10.1 Å². The highest BCUT2D eigenvalue weighted by atomic mass is 35.5. The van der Waals surface area contributed by atoms with Crippen molar-refractivity contribution in [3.8, 4) is 17.3 Å². The molecule has 1 aromatic heterocycles. The van der Waals surface area contributed by atoms with Crippen molar-refractivity contribution in [3.05, 3.63) is 39.7 Å². The molecule has 2 aromatic rings. The van der Waals surface area contributed by atoms with Crippen molar-refractivity contribution in [1.82, 2.24) is 4.98 Å². The zero-order chi connectivity index (χ0) is 14.5. The first-order valence-electron chi connectivity index (χ1n) is 6.29. The second-order valence-corrected chi connectivity index (χ2v) is 5.68. The summed E-state index contributed by atoms with van der Waals surface area (Å²) in [6.45, 7) is 1.92. The number of carbonyl (C=O) groups is 1. The Balaban J connectivity index is 2.26. The van der Waals surface area contributed by atoms with E-state index in [-0.39, 0.29) is 5.78 Å². The molecule has 1 atom stereocenters. The van der Waals surface area contributed by atoms with Gasteiger partial charge >= 0.3 is 0 Å². The summed E-state index contributed by atoms with van der Waals surface area (Å²) < 4.78 is 0. The van der Waals surface area contributed by atoms with Crippen molar-refractivity contribution in [2.45, 2.75) is 25.7 Å². The van der Waals surface area contributed by atoms with Crippen LogP contribution >= 0.6 is 22.9 Å². The van der Waals surface area contributed by atoms with Gasteiger partial charge in [0.15, 0.2) is 11.7 Å². The second-order valence-electron chi connectivity index (χ2n) is 4.36. The van der Waals surface area contributed by atoms with Crippen LogP contribution < -0.4 is 0 Å². The van der Waals surface area contributed by atoms with Crippen LogP contribution in [-0.4, -0.2) is 10.8 Å². The minimum absolute atomic E-state index is 0.0630. The minimum atomic E-state index is -0.749. The first-order valence-corrected chi connectivity index (χ1v) is 7.55. The van der Waals surface area contributed by atoms with E-state index in [1.165, 1.54) is 11.3 Å². The zero-order valence-electron chi connectivity index (χ0n) is 11.0. The van der Waals surface area contributed by atoms with Gasteiger partial charge in [-0.3, -0.25) is 4.79 Å². The van der Waals surface area contributed by atoms with Gasteiger partial charge < -0.3 is 0 Å². The number of carbonyl (C=O) groups excluding carboxylic acids is 1. The highest BCUT2D eigenvalue weighted by Gasteiger charge is 2.22. The van der Waals surface area contributed by atoms with Crippen LogP contribution in [0.5, 0.6) is 0 Å². The van der Waals surface area contributed by atoms with Crippen molar-refractivity contribution >= 4 is 28.7 Å². The van der Waals surface area contributed by atoms with Gasteiger partial charge in [0.2, 0.25) is 0 Å². The van der Waals surface area contributed by atoms with E-state index in [4.69, 9.17) is 11.6 Å². The van der Waals surface area contributed by atoms with Crippen LogP contribution in [0.1, 0.15) is 30.7 Å². The van der Waals surface area contributed by atoms with Gasteiger partial charge in [0, 0.05) is 22.4 Å². The maximum atomic E-state index is 11.9. The Morgan fingerprint density at radius 3 is 2.75 bits per heavy atom. The second kappa shape index (κ2) is 6.65. The van der Waals surface area contributed by atoms with Gasteiger partial charge in [0.1, 0.15) is 5.01 Å². The third kappa shape index (κ3) is 3.24. The van der Waals surface area contributed by atoms with Gasteiger partial charge in [-0.15, -0.1) is 11.3 Å². The number of hydrogen-bond acceptors (Lipinski definition) is 4. The van der Waals surface area contributed by atoms with E-state index in [2.05, 4.69) is 11.1 Å². The van der Waals surface area contributed by atoms with Crippen molar-refractivity contribution < 1.29 is 4.79 Å². The molecule has 0 aliphatic rings. The number of rotatable bonds is 5. The van der Waals surface area contributed by atoms with Crippen molar-refractivity contribution in [1.29, 1.82) is 5.26 Å². The molecule has 5 heteroatoms. The number of halogens is 1. The fourth-order valence-corrected chi connectivity index (χ4v) is 2.85. The number of nitrogens with zero attached hydrogens (tertiary/aromatic N) is 2. The Morgan fingerprint density at radius 2 is 2.15 bits per heavy atom. The Labute approximate surface area is 126 Å². The predicted octanol–water partition coefficient (Wildman–Crippen LogP) is 4.44. The molecule has 0 saturated heterocycles. The number of aromatic nitrogens is 1. The first-order chi connectivity index (χ1) is 9.65. The highest BCUT2D eigenvalue weighted by molar-refractivity contribution is 7.10. The summed E-state index contributed by atoms with van der Waals surface area (Å²) in [5.41, 5.74) is 1.70. The molecule has 1 aromatic carbocycles. The van der Waals surface area contributed by atoms with Crippen molar-refractivity contribution in [2.75, 3.05) is 0 Å². The lowest BCUT2D eigenvalue weighted by Gasteiger charge is -2.03. The van der Waals surface area contributed by atoms with E-state index >= 15 is 0 Å². The molecule has 102 valence electrons. The van der Waals surface area contributed by atoms with Gasteiger partial charge in [-0.1, -0.05) is 30.7 Å². The quantitative estimate of drug-likeness (QED) is 0.820. The summed E-state index contributed by atoms with van der Waals surface area (Å²) >= 11 is 7.20. The number of nitriles is 1. The summed E-state index contributed by atoms with van der Waals surface area (Å²) in [5.74, 6) is -0.812. The van der Waals surface area contributed by atoms with Crippen molar-refractivity contribution in [2.24, 2.45) is 0 Å². The normalized spacial score (nSPS) is 11.8. The Bertz CT molecular complexity index is 643. The molecular formula is C15H13ClN2OS. The number of benzene rings is 1. The van der Waals surface area contributed by atoms with Crippen LogP contribution in [0, 0.1) is 11.3 Å². The fourth-order valence-electron chi connectivity index (χ4n) is 1.83. The van der Waals surface area contributed by atoms with Gasteiger partial charge in [-0.05, 0) is 18.6 Å². The summed E-state index contributed by atoms with van der Waals surface area (Å²) in [6.07, 6.45) is 1.15. The topological polar surface area (TPSA) is 53.8 Å². The molecule has 2 rings (SSSR count). The van der Waals surface area contributed by atoms with E-state index in [1.54, 1.807) is 12.1 Å². The first kappa shape index (κ1) is 14.7.